The van der Waals surface area contributed by atoms with Gasteiger partial charge >= 0.3 is 12.1 Å². The summed E-state index contributed by atoms with van der Waals surface area (Å²) in [6.07, 6.45) is -0.563. The molecule has 1 aliphatic rings. The quantitative estimate of drug-likeness (QED) is 0.205. The summed E-state index contributed by atoms with van der Waals surface area (Å²) in [5, 5.41) is 11.2. The Balaban J connectivity index is 1.86. The lowest BCUT2D eigenvalue weighted by molar-refractivity contribution is -0.147. The fourth-order valence-corrected chi connectivity index (χ4v) is 4.91. The van der Waals surface area contributed by atoms with E-state index in [0.29, 0.717) is 0 Å². The number of fused-ring (bicyclic) bond motifs is 1. The normalized spacial score (nSPS) is 18.4. The number of alkyl carbamates (subject to hydrolysis) is 1. The number of hydrogen-bond acceptors (Lipinski definition) is 7. The van der Waals surface area contributed by atoms with Gasteiger partial charge in [-0.3, -0.25) is 9.59 Å². The lowest BCUT2D eigenvalue weighted by Gasteiger charge is -2.36. The van der Waals surface area contributed by atoms with Crippen molar-refractivity contribution in [2.75, 3.05) is 13.7 Å². The molecular weight excluding hydrogens is 540 g/mol. The van der Waals surface area contributed by atoms with Gasteiger partial charge in [0.1, 0.15) is 23.7 Å². The molecule has 1 heterocycles. The van der Waals surface area contributed by atoms with Crippen molar-refractivity contribution in [2.45, 2.75) is 84.2 Å². The minimum Gasteiger partial charge on any atom is -0.467 e. The molecule has 0 bridgehead atoms. The summed E-state index contributed by atoms with van der Waals surface area (Å²) in [7, 11) is 1.24. The zero-order valence-corrected chi connectivity index (χ0v) is 25.2. The number of methoxy groups -OCH3 is 1. The van der Waals surface area contributed by atoms with Crippen LogP contribution in [0.4, 0.5) is 4.79 Å². The summed E-state index contributed by atoms with van der Waals surface area (Å²) in [6, 6.07) is 9.74. The number of amides is 3. The third-order valence-electron chi connectivity index (χ3n) is 6.91. The predicted molar refractivity (Wildman–Crippen MR) is 157 cm³/mol. The molecule has 42 heavy (non-hydrogen) atoms. The molecule has 4 atom stereocenters. The molecule has 2 N–H and O–H groups in total. The van der Waals surface area contributed by atoms with Crippen LogP contribution in [0.1, 0.15) is 53.5 Å². The fraction of sp³-hybridized carbons (Fsp3) is 0.533. The SMILES string of the molecule is COC(=O)C(Cc1ccc2ccccc2c1)NC(=O)[C@@H]1C[C@H](N=[N+]=[N-])CN1C(=O)C(NC(=O)OC(C)(C)C)C(C)(C)C. The summed E-state index contributed by atoms with van der Waals surface area (Å²) in [6.45, 7) is 10.4. The summed E-state index contributed by atoms with van der Waals surface area (Å²) < 4.78 is 10.3. The standard InChI is InChI=1S/C30H40N6O6/c1-29(2,3)24(33-28(40)42-30(4,5)6)26(38)36-17-21(34-35-31)16-23(36)25(37)32-22(27(39)41-7)15-18-12-13-19-10-8-9-11-20(19)14-18/h8-14,21-24H,15-17H2,1-7H3,(H,32,37)(H,33,40)/t21-,22?,23-,24?/m0/s1. The van der Waals surface area contributed by atoms with Gasteiger partial charge in [0.2, 0.25) is 11.8 Å². The second-order valence-corrected chi connectivity index (χ2v) is 12.5. The number of carbonyl (C=O) groups excluding carboxylic acids is 4. The van der Waals surface area contributed by atoms with Gasteiger partial charge in [-0.15, -0.1) is 0 Å². The molecule has 3 amide bonds. The van der Waals surface area contributed by atoms with Crippen LogP contribution in [-0.4, -0.2) is 72.2 Å². The van der Waals surface area contributed by atoms with Crippen molar-refractivity contribution in [1.29, 1.82) is 0 Å². The van der Waals surface area contributed by atoms with E-state index in [4.69, 9.17) is 15.0 Å². The highest BCUT2D eigenvalue weighted by Gasteiger charge is 2.45. The van der Waals surface area contributed by atoms with Crippen LogP contribution in [0.5, 0.6) is 0 Å². The van der Waals surface area contributed by atoms with E-state index in [-0.39, 0.29) is 19.4 Å². The number of hydrogen-bond donors (Lipinski definition) is 2. The molecule has 12 heteroatoms. The van der Waals surface area contributed by atoms with Crippen LogP contribution in [-0.2, 0) is 30.3 Å². The van der Waals surface area contributed by atoms with Crippen LogP contribution in [0.25, 0.3) is 21.2 Å². The highest BCUT2D eigenvalue weighted by molar-refractivity contribution is 5.94. The van der Waals surface area contributed by atoms with Crippen LogP contribution >= 0.6 is 0 Å². The first-order valence-electron chi connectivity index (χ1n) is 13.8. The number of rotatable bonds is 8. The number of likely N-dealkylation sites (tertiary alicyclic amines) is 1. The Kier molecular flexibility index (Phi) is 10.1. The molecule has 2 aromatic rings. The maximum absolute atomic E-state index is 13.9. The number of nitrogens with one attached hydrogen (secondary N) is 2. The largest absolute Gasteiger partial charge is 0.467 e. The van der Waals surface area contributed by atoms with Crippen molar-refractivity contribution in [2.24, 2.45) is 10.5 Å². The summed E-state index contributed by atoms with van der Waals surface area (Å²) >= 11 is 0. The molecule has 1 aliphatic heterocycles. The van der Waals surface area contributed by atoms with E-state index in [1.54, 1.807) is 41.5 Å². The van der Waals surface area contributed by atoms with Crippen LogP contribution in [0, 0.1) is 5.41 Å². The first-order valence-corrected chi connectivity index (χ1v) is 13.8. The Morgan fingerprint density at radius 2 is 1.71 bits per heavy atom. The summed E-state index contributed by atoms with van der Waals surface area (Å²) in [5.41, 5.74) is 8.32. The average Bonchev–Trinajstić information content (AvgIpc) is 3.33. The van der Waals surface area contributed by atoms with Crippen LogP contribution in [0.2, 0.25) is 0 Å². The second-order valence-electron chi connectivity index (χ2n) is 12.5. The third kappa shape index (κ3) is 8.36. The molecule has 1 saturated heterocycles. The Labute approximate surface area is 245 Å². The number of benzene rings is 2. The Morgan fingerprint density at radius 3 is 2.31 bits per heavy atom. The molecule has 1 fully saturated rings. The molecule has 0 aliphatic carbocycles. The van der Waals surface area contributed by atoms with E-state index < -0.39 is 59.1 Å². The molecule has 0 radical (unpaired) electrons. The first-order chi connectivity index (χ1) is 19.6. The number of nitrogens with zero attached hydrogens (tertiary/aromatic N) is 4. The zero-order chi connectivity index (χ0) is 31.2. The summed E-state index contributed by atoms with van der Waals surface area (Å²) in [5.74, 6) is -1.77. The average molecular weight is 581 g/mol. The first kappa shape index (κ1) is 32.2. The van der Waals surface area contributed by atoms with E-state index in [2.05, 4.69) is 20.7 Å². The van der Waals surface area contributed by atoms with Crippen molar-refractivity contribution in [3.8, 4) is 0 Å². The van der Waals surface area contributed by atoms with Crippen molar-refractivity contribution < 1.29 is 28.7 Å². The molecular formula is C30H40N6O6. The van der Waals surface area contributed by atoms with Gasteiger partial charge in [0.15, 0.2) is 0 Å². The minimum atomic E-state index is -1.05. The number of esters is 1. The molecule has 12 nitrogen and oxygen atoms in total. The zero-order valence-electron chi connectivity index (χ0n) is 25.2. The highest BCUT2D eigenvalue weighted by Crippen LogP contribution is 2.28. The molecule has 0 spiro atoms. The highest BCUT2D eigenvalue weighted by atomic mass is 16.6. The van der Waals surface area contributed by atoms with Gasteiger partial charge in [0.05, 0.1) is 13.2 Å². The number of azide groups is 1. The Bertz CT molecular complexity index is 1370. The van der Waals surface area contributed by atoms with E-state index in [1.807, 2.05) is 42.5 Å². The van der Waals surface area contributed by atoms with Crippen molar-refractivity contribution >= 4 is 34.6 Å². The maximum atomic E-state index is 13.9. The van der Waals surface area contributed by atoms with Gasteiger partial charge in [0.25, 0.3) is 0 Å². The molecule has 2 unspecified atom stereocenters. The van der Waals surface area contributed by atoms with Crippen molar-refractivity contribution in [3.63, 3.8) is 0 Å². The predicted octanol–water partition coefficient (Wildman–Crippen LogP) is 4.26. The van der Waals surface area contributed by atoms with Crippen LogP contribution < -0.4 is 10.6 Å². The van der Waals surface area contributed by atoms with Crippen molar-refractivity contribution in [1.82, 2.24) is 15.5 Å². The Hall–Kier alpha value is -4.31. The number of carbonyl (C=O) groups is 4. The van der Waals surface area contributed by atoms with E-state index in [0.717, 1.165) is 16.3 Å². The maximum Gasteiger partial charge on any atom is 0.408 e. The van der Waals surface area contributed by atoms with Crippen LogP contribution in [0.3, 0.4) is 0 Å². The lowest BCUT2D eigenvalue weighted by Crippen LogP contribution is -2.59. The van der Waals surface area contributed by atoms with Gasteiger partial charge in [-0.1, -0.05) is 68.4 Å². The molecule has 226 valence electrons. The van der Waals surface area contributed by atoms with Gasteiger partial charge in [-0.05, 0) is 54.5 Å². The molecule has 3 rings (SSSR count). The van der Waals surface area contributed by atoms with Crippen molar-refractivity contribution in [3.05, 3.63) is 58.5 Å². The Morgan fingerprint density at radius 1 is 1.05 bits per heavy atom. The number of ether oxygens (including phenoxy) is 2. The monoisotopic (exact) mass is 580 g/mol. The second kappa shape index (κ2) is 13.1. The van der Waals surface area contributed by atoms with Gasteiger partial charge in [-0.25, -0.2) is 9.59 Å². The van der Waals surface area contributed by atoms with Crippen LogP contribution in [0.15, 0.2) is 47.6 Å². The lowest BCUT2D eigenvalue weighted by atomic mass is 9.85. The molecule has 0 saturated carbocycles. The topological polar surface area (TPSA) is 163 Å². The van der Waals surface area contributed by atoms with Gasteiger partial charge in [-0.2, -0.15) is 0 Å². The van der Waals surface area contributed by atoms with Gasteiger partial charge in [0, 0.05) is 17.9 Å². The van der Waals surface area contributed by atoms with E-state index in [9.17, 15) is 19.2 Å². The molecule has 0 aromatic heterocycles. The fourth-order valence-electron chi connectivity index (χ4n) is 4.91. The van der Waals surface area contributed by atoms with E-state index in [1.165, 1.54) is 12.0 Å². The summed E-state index contributed by atoms with van der Waals surface area (Å²) in [4.78, 5) is 57.1. The van der Waals surface area contributed by atoms with E-state index >= 15 is 0 Å². The smallest absolute Gasteiger partial charge is 0.408 e. The minimum absolute atomic E-state index is 0.0306. The van der Waals surface area contributed by atoms with Gasteiger partial charge < -0.3 is 25.0 Å². The molecule has 2 aromatic carbocycles. The third-order valence-corrected chi connectivity index (χ3v) is 6.91.